The highest BCUT2D eigenvalue weighted by Crippen LogP contribution is 2.41. The molecule has 1 fully saturated rings. The summed E-state index contributed by atoms with van der Waals surface area (Å²) in [7, 11) is 0. The second kappa shape index (κ2) is 7.91. The van der Waals surface area contributed by atoms with Crippen LogP contribution < -0.4 is 0 Å². The number of hydrogen-bond donors (Lipinski definition) is 1. The number of nitrogens with zero attached hydrogens (tertiary/aromatic N) is 4. The van der Waals surface area contributed by atoms with E-state index < -0.39 is 5.82 Å². The molecule has 1 amide bonds. The molecule has 0 radical (unpaired) electrons. The molecule has 6 rings (SSSR count). The Labute approximate surface area is 204 Å². The zero-order valence-electron chi connectivity index (χ0n) is 18.5. The molecule has 34 heavy (non-hydrogen) atoms. The predicted molar refractivity (Wildman–Crippen MR) is 129 cm³/mol. The number of amides is 1. The number of carbonyl (C=O) groups is 1. The van der Waals surface area contributed by atoms with Crippen molar-refractivity contribution < 1.29 is 14.3 Å². The lowest BCUT2D eigenvalue weighted by molar-refractivity contribution is 0.0671. The van der Waals surface area contributed by atoms with Gasteiger partial charge in [-0.1, -0.05) is 40.2 Å². The first-order valence-electron chi connectivity index (χ1n) is 11.4. The Balaban J connectivity index is 1.43. The summed E-state index contributed by atoms with van der Waals surface area (Å²) in [6.45, 7) is 2.68. The predicted octanol–water partition coefficient (Wildman–Crippen LogP) is 5.64. The Kier molecular flexibility index (Phi) is 4.95. The summed E-state index contributed by atoms with van der Waals surface area (Å²) >= 11 is 3.19. The molecule has 8 heteroatoms. The number of benzene rings is 2. The van der Waals surface area contributed by atoms with Crippen LogP contribution in [0.3, 0.4) is 0 Å². The molecule has 2 aliphatic rings. The molecule has 1 aliphatic heterocycles. The van der Waals surface area contributed by atoms with Gasteiger partial charge < -0.3 is 10.0 Å². The number of carbonyl (C=O) groups excluding carboxylic acids is 1. The van der Waals surface area contributed by atoms with E-state index in [2.05, 4.69) is 38.1 Å². The summed E-state index contributed by atoms with van der Waals surface area (Å²) in [5.74, 6) is -0.625. The summed E-state index contributed by atoms with van der Waals surface area (Å²) < 4.78 is 16.8. The number of aromatic hydroxyl groups is 1. The average Bonchev–Trinajstić information content (AvgIpc) is 3.57. The van der Waals surface area contributed by atoms with Crippen LogP contribution in [0.1, 0.15) is 59.0 Å². The maximum absolute atomic E-state index is 14.7. The highest BCUT2D eigenvalue weighted by molar-refractivity contribution is 9.10. The van der Waals surface area contributed by atoms with Gasteiger partial charge >= 0.3 is 0 Å². The van der Waals surface area contributed by atoms with E-state index in [4.69, 9.17) is 0 Å². The summed E-state index contributed by atoms with van der Waals surface area (Å²) in [4.78, 5) is 20.1. The lowest BCUT2D eigenvalue weighted by Crippen LogP contribution is -2.39. The average molecular weight is 521 g/mol. The van der Waals surface area contributed by atoms with E-state index in [0.717, 1.165) is 25.0 Å². The van der Waals surface area contributed by atoms with Crippen LogP contribution in [0.5, 0.6) is 5.75 Å². The maximum Gasteiger partial charge on any atom is 0.273 e. The summed E-state index contributed by atoms with van der Waals surface area (Å²) in [5.41, 5.74) is 4.46. The summed E-state index contributed by atoms with van der Waals surface area (Å²) in [6, 6.07) is 14.4. The molecule has 1 saturated carbocycles. The van der Waals surface area contributed by atoms with Crippen molar-refractivity contribution >= 4 is 27.5 Å². The molecule has 1 atom stereocenters. The molecular formula is C26H22BrFN4O2. The zero-order chi connectivity index (χ0) is 23.6. The molecule has 0 unspecified atom stereocenters. The van der Waals surface area contributed by atoms with Crippen LogP contribution in [0.25, 0.3) is 16.9 Å². The van der Waals surface area contributed by atoms with Gasteiger partial charge in [0.05, 0.1) is 11.6 Å². The van der Waals surface area contributed by atoms with Crippen molar-refractivity contribution in [1.29, 1.82) is 0 Å². The molecule has 4 aromatic rings. The van der Waals surface area contributed by atoms with E-state index in [-0.39, 0.29) is 34.9 Å². The van der Waals surface area contributed by atoms with Crippen molar-refractivity contribution in [2.75, 3.05) is 6.54 Å². The van der Waals surface area contributed by atoms with Gasteiger partial charge in [-0.2, -0.15) is 5.10 Å². The van der Waals surface area contributed by atoms with E-state index in [0.29, 0.717) is 22.4 Å². The molecule has 0 bridgehead atoms. The molecule has 6 nitrogen and oxygen atoms in total. The van der Waals surface area contributed by atoms with Gasteiger partial charge in [-0.25, -0.2) is 13.9 Å². The van der Waals surface area contributed by atoms with Gasteiger partial charge in [-0.05, 0) is 55.5 Å². The Hall–Kier alpha value is -3.26. The van der Waals surface area contributed by atoms with Crippen LogP contribution in [-0.4, -0.2) is 37.1 Å². The van der Waals surface area contributed by atoms with Gasteiger partial charge in [-0.15, -0.1) is 0 Å². The van der Waals surface area contributed by atoms with Crippen molar-refractivity contribution in [1.82, 2.24) is 19.5 Å². The second-order valence-electron chi connectivity index (χ2n) is 9.05. The third kappa shape index (κ3) is 3.48. The second-order valence-corrected chi connectivity index (χ2v) is 9.96. The molecule has 0 spiro atoms. The van der Waals surface area contributed by atoms with Gasteiger partial charge in [0, 0.05) is 28.7 Å². The highest BCUT2D eigenvalue weighted by Gasteiger charge is 2.32. The Bertz CT molecular complexity index is 1440. The van der Waals surface area contributed by atoms with Crippen LogP contribution in [0.15, 0.2) is 53.0 Å². The van der Waals surface area contributed by atoms with Gasteiger partial charge in [0.15, 0.2) is 5.65 Å². The van der Waals surface area contributed by atoms with Crippen LogP contribution in [-0.2, 0) is 6.42 Å². The summed E-state index contributed by atoms with van der Waals surface area (Å²) in [6.07, 6.45) is 2.82. The van der Waals surface area contributed by atoms with Crippen molar-refractivity contribution in [3.63, 3.8) is 0 Å². The van der Waals surface area contributed by atoms with Gasteiger partial charge in [0.2, 0.25) is 0 Å². The molecule has 2 aromatic heterocycles. The fourth-order valence-corrected chi connectivity index (χ4v) is 5.33. The number of rotatable bonds is 3. The normalized spacial score (nSPS) is 17.7. The number of phenols is 1. The summed E-state index contributed by atoms with van der Waals surface area (Å²) in [5, 5.41) is 14.9. The minimum Gasteiger partial charge on any atom is -0.507 e. The van der Waals surface area contributed by atoms with E-state index in [9.17, 15) is 14.3 Å². The third-order valence-electron chi connectivity index (χ3n) is 6.82. The Morgan fingerprint density at radius 2 is 1.97 bits per heavy atom. The first-order valence-corrected chi connectivity index (χ1v) is 12.2. The van der Waals surface area contributed by atoms with Crippen molar-refractivity contribution in [2.24, 2.45) is 0 Å². The largest absolute Gasteiger partial charge is 0.507 e. The van der Waals surface area contributed by atoms with Gasteiger partial charge in [0.1, 0.15) is 23.0 Å². The fourth-order valence-electron chi connectivity index (χ4n) is 4.91. The topological polar surface area (TPSA) is 70.7 Å². The van der Waals surface area contributed by atoms with Gasteiger partial charge in [-0.3, -0.25) is 4.79 Å². The molecule has 0 saturated heterocycles. The number of hydrogen-bond acceptors (Lipinski definition) is 4. The monoisotopic (exact) mass is 520 g/mol. The third-order valence-corrected chi connectivity index (χ3v) is 7.27. The SMILES string of the molecule is C[C@@H]1c2ccccc2CCN1C(=O)c1cc(C2CC2)n2nc(-c3c(O)cc(Br)cc3F)cc2n1. The highest BCUT2D eigenvalue weighted by atomic mass is 79.9. The lowest BCUT2D eigenvalue weighted by Gasteiger charge is -2.35. The molecule has 1 N–H and O–H groups in total. The smallest absolute Gasteiger partial charge is 0.273 e. The number of halogens is 2. The maximum atomic E-state index is 14.7. The molecule has 172 valence electrons. The van der Waals surface area contributed by atoms with E-state index >= 15 is 0 Å². The number of fused-ring (bicyclic) bond motifs is 2. The van der Waals surface area contributed by atoms with E-state index in [1.54, 1.807) is 10.6 Å². The van der Waals surface area contributed by atoms with Crippen LogP contribution in [0.2, 0.25) is 0 Å². The fraction of sp³-hybridized carbons (Fsp3) is 0.269. The Morgan fingerprint density at radius 3 is 2.74 bits per heavy atom. The Morgan fingerprint density at radius 1 is 1.18 bits per heavy atom. The first-order chi connectivity index (χ1) is 16.4. The standard InChI is InChI=1S/C26H22BrFN4O2/c1-14-18-5-3-2-4-15(18)8-9-31(14)26(34)21-12-22(16-6-7-16)32-24(29-21)13-20(30-32)25-19(28)10-17(27)11-23(25)33/h2-5,10-14,16,33H,6-9H2,1H3/t14-/m1/s1. The number of aromatic nitrogens is 3. The van der Waals surface area contributed by atoms with E-state index in [1.807, 2.05) is 30.0 Å². The van der Waals surface area contributed by atoms with Crippen LogP contribution >= 0.6 is 15.9 Å². The zero-order valence-corrected chi connectivity index (χ0v) is 20.1. The first kappa shape index (κ1) is 21.3. The van der Waals surface area contributed by atoms with E-state index in [1.165, 1.54) is 23.3 Å². The molecule has 3 heterocycles. The van der Waals surface area contributed by atoms with Crippen molar-refractivity contribution in [2.45, 2.75) is 38.1 Å². The van der Waals surface area contributed by atoms with Crippen LogP contribution in [0.4, 0.5) is 4.39 Å². The van der Waals surface area contributed by atoms with Crippen molar-refractivity contribution in [3.8, 4) is 17.0 Å². The van der Waals surface area contributed by atoms with Crippen LogP contribution in [0, 0.1) is 5.82 Å². The number of phenolic OH excluding ortho intramolecular Hbond substituents is 1. The lowest BCUT2D eigenvalue weighted by atomic mass is 9.93. The quantitative estimate of drug-likeness (QED) is 0.379. The molecular weight excluding hydrogens is 499 g/mol. The van der Waals surface area contributed by atoms with Crippen molar-refractivity contribution in [3.05, 3.63) is 81.3 Å². The minimum atomic E-state index is -0.583. The molecule has 1 aliphatic carbocycles. The minimum absolute atomic E-state index is 0.0181. The molecule has 2 aromatic carbocycles. The van der Waals surface area contributed by atoms with Gasteiger partial charge in [0.25, 0.3) is 5.91 Å².